The zero-order valence-electron chi connectivity index (χ0n) is 11.0. The van der Waals surface area contributed by atoms with Crippen LogP contribution in [0.3, 0.4) is 0 Å². The summed E-state index contributed by atoms with van der Waals surface area (Å²) in [6.07, 6.45) is 0.362. The molecule has 0 saturated carbocycles. The zero-order chi connectivity index (χ0) is 14.5. The number of hydrogen-bond donors (Lipinski definition) is 2. The van der Waals surface area contributed by atoms with Crippen molar-refractivity contribution in [3.05, 3.63) is 35.9 Å². The molecule has 0 fully saturated rings. The predicted octanol–water partition coefficient (Wildman–Crippen LogP) is 1.26. The normalized spacial score (nSPS) is 13.4. The second-order valence-electron chi connectivity index (χ2n) is 4.73. The van der Waals surface area contributed by atoms with Crippen LogP contribution in [0.15, 0.2) is 30.3 Å². The fourth-order valence-corrected chi connectivity index (χ4v) is 3.00. The quantitative estimate of drug-likeness (QED) is 0.790. The number of aliphatic carboxylic acids is 1. The highest BCUT2D eigenvalue weighted by molar-refractivity contribution is 7.89. The minimum atomic E-state index is -3.60. The van der Waals surface area contributed by atoms with Gasteiger partial charge in [-0.3, -0.25) is 4.79 Å². The third-order valence-electron chi connectivity index (χ3n) is 2.74. The van der Waals surface area contributed by atoms with E-state index in [0.717, 1.165) is 5.56 Å². The Morgan fingerprint density at radius 1 is 1.26 bits per heavy atom. The molecule has 5 nitrogen and oxygen atoms in total. The fourth-order valence-electron chi connectivity index (χ4n) is 1.62. The number of rotatable bonds is 7. The average molecular weight is 285 g/mol. The molecule has 0 aliphatic carbocycles. The van der Waals surface area contributed by atoms with E-state index < -0.39 is 22.0 Å². The third kappa shape index (κ3) is 5.40. The second kappa shape index (κ2) is 6.68. The predicted molar refractivity (Wildman–Crippen MR) is 73.3 cm³/mol. The van der Waals surface area contributed by atoms with E-state index in [-0.39, 0.29) is 11.7 Å². The molecule has 1 rings (SSSR count). The average Bonchev–Trinajstić information content (AvgIpc) is 2.34. The molecule has 1 aromatic carbocycles. The van der Waals surface area contributed by atoms with Crippen LogP contribution in [-0.4, -0.2) is 31.3 Å². The summed E-state index contributed by atoms with van der Waals surface area (Å²) >= 11 is 0. The minimum absolute atomic E-state index is 0.118. The molecule has 106 valence electrons. The molecule has 0 saturated heterocycles. The maximum absolute atomic E-state index is 11.8. The van der Waals surface area contributed by atoms with E-state index in [0.29, 0.717) is 6.42 Å². The van der Waals surface area contributed by atoms with Crippen LogP contribution in [0.25, 0.3) is 0 Å². The summed E-state index contributed by atoms with van der Waals surface area (Å²) < 4.78 is 25.9. The summed E-state index contributed by atoms with van der Waals surface area (Å²) in [6.45, 7) is 3.33. The fraction of sp³-hybridized carbons (Fsp3) is 0.462. The Kier molecular flexibility index (Phi) is 5.50. The maximum atomic E-state index is 11.8. The van der Waals surface area contributed by atoms with E-state index >= 15 is 0 Å². The lowest BCUT2D eigenvalue weighted by atomic mass is 10.1. The van der Waals surface area contributed by atoms with Gasteiger partial charge in [-0.15, -0.1) is 0 Å². The molecule has 19 heavy (non-hydrogen) atoms. The van der Waals surface area contributed by atoms with Crippen molar-refractivity contribution < 1.29 is 18.3 Å². The molecular weight excluding hydrogens is 266 g/mol. The van der Waals surface area contributed by atoms with Crippen LogP contribution < -0.4 is 4.72 Å². The van der Waals surface area contributed by atoms with Crippen molar-refractivity contribution in [1.82, 2.24) is 4.72 Å². The summed E-state index contributed by atoms with van der Waals surface area (Å²) in [6, 6.07) is 8.13. The molecule has 0 radical (unpaired) electrons. The highest BCUT2D eigenvalue weighted by atomic mass is 32.2. The molecule has 2 N–H and O–H groups in total. The van der Waals surface area contributed by atoms with Crippen LogP contribution in [-0.2, 0) is 21.2 Å². The van der Waals surface area contributed by atoms with Gasteiger partial charge >= 0.3 is 5.97 Å². The SMILES string of the molecule is CC(C)C(NS(=O)(=O)CCc1ccccc1)C(=O)O. The van der Waals surface area contributed by atoms with Gasteiger partial charge in [-0.25, -0.2) is 13.1 Å². The highest BCUT2D eigenvalue weighted by Crippen LogP contribution is 2.06. The first-order valence-corrected chi connectivity index (χ1v) is 7.74. The maximum Gasteiger partial charge on any atom is 0.321 e. The Bertz CT molecular complexity index is 511. The standard InChI is InChI=1S/C13H19NO4S/c1-10(2)12(13(15)16)14-19(17,18)9-8-11-6-4-3-5-7-11/h3-7,10,12,14H,8-9H2,1-2H3,(H,15,16). The molecule has 0 aliphatic heterocycles. The van der Waals surface area contributed by atoms with E-state index in [1.165, 1.54) is 0 Å². The van der Waals surface area contributed by atoms with Crippen molar-refractivity contribution in [2.45, 2.75) is 26.3 Å². The third-order valence-corrected chi connectivity index (χ3v) is 4.10. The van der Waals surface area contributed by atoms with Crippen molar-refractivity contribution in [2.24, 2.45) is 5.92 Å². The number of sulfonamides is 1. The van der Waals surface area contributed by atoms with Gasteiger partial charge in [0.05, 0.1) is 5.75 Å². The van der Waals surface area contributed by atoms with Crippen LogP contribution in [0.1, 0.15) is 19.4 Å². The van der Waals surface area contributed by atoms with Gasteiger partial charge in [0, 0.05) is 0 Å². The van der Waals surface area contributed by atoms with E-state index in [1.807, 2.05) is 30.3 Å². The van der Waals surface area contributed by atoms with Gasteiger partial charge in [-0.1, -0.05) is 44.2 Å². The first-order valence-electron chi connectivity index (χ1n) is 6.08. The monoisotopic (exact) mass is 285 g/mol. The molecule has 0 aliphatic rings. The number of carboxylic acid groups (broad SMARTS) is 1. The first kappa shape index (κ1) is 15.7. The van der Waals surface area contributed by atoms with Gasteiger partial charge in [0.1, 0.15) is 6.04 Å². The van der Waals surface area contributed by atoms with E-state index in [9.17, 15) is 13.2 Å². The molecule has 1 atom stereocenters. The summed E-state index contributed by atoms with van der Waals surface area (Å²) in [5, 5.41) is 8.97. The van der Waals surface area contributed by atoms with E-state index in [2.05, 4.69) is 4.72 Å². The highest BCUT2D eigenvalue weighted by Gasteiger charge is 2.26. The van der Waals surface area contributed by atoms with Gasteiger partial charge in [-0.2, -0.15) is 0 Å². The Balaban J connectivity index is 2.64. The van der Waals surface area contributed by atoms with Crippen LogP contribution in [0, 0.1) is 5.92 Å². The number of nitrogens with one attached hydrogen (secondary N) is 1. The molecule has 0 aromatic heterocycles. The van der Waals surface area contributed by atoms with Crippen molar-refractivity contribution in [3.8, 4) is 0 Å². The number of benzene rings is 1. The van der Waals surface area contributed by atoms with Crippen molar-refractivity contribution in [3.63, 3.8) is 0 Å². The molecule has 1 unspecified atom stereocenters. The largest absolute Gasteiger partial charge is 0.480 e. The number of carbonyl (C=O) groups is 1. The molecule has 0 spiro atoms. The van der Waals surface area contributed by atoms with E-state index in [1.54, 1.807) is 13.8 Å². The minimum Gasteiger partial charge on any atom is -0.480 e. The van der Waals surface area contributed by atoms with Crippen LogP contribution >= 0.6 is 0 Å². The Labute approximate surface area is 113 Å². The molecule has 6 heteroatoms. The van der Waals surface area contributed by atoms with Crippen molar-refractivity contribution >= 4 is 16.0 Å². The second-order valence-corrected chi connectivity index (χ2v) is 6.61. The molecule has 0 bridgehead atoms. The van der Waals surface area contributed by atoms with E-state index in [4.69, 9.17) is 5.11 Å². The lowest BCUT2D eigenvalue weighted by molar-refractivity contribution is -0.140. The Morgan fingerprint density at radius 2 is 1.84 bits per heavy atom. The number of hydrogen-bond acceptors (Lipinski definition) is 3. The first-order chi connectivity index (χ1) is 8.82. The Hall–Kier alpha value is -1.40. The van der Waals surface area contributed by atoms with Crippen molar-refractivity contribution in [1.29, 1.82) is 0 Å². The van der Waals surface area contributed by atoms with Gasteiger partial charge < -0.3 is 5.11 Å². The topological polar surface area (TPSA) is 83.5 Å². The summed E-state index contributed by atoms with van der Waals surface area (Å²) in [5.74, 6) is -1.57. The summed E-state index contributed by atoms with van der Waals surface area (Å²) in [7, 11) is -3.60. The van der Waals surface area contributed by atoms with Gasteiger partial charge in [0.25, 0.3) is 0 Å². The lowest BCUT2D eigenvalue weighted by Crippen LogP contribution is -2.45. The summed E-state index contributed by atoms with van der Waals surface area (Å²) in [5.41, 5.74) is 0.907. The molecule has 1 aromatic rings. The lowest BCUT2D eigenvalue weighted by Gasteiger charge is -2.17. The van der Waals surface area contributed by atoms with Gasteiger partial charge in [-0.05, 0) is 17.9 Å². The summed E-state index contributed by atoms with van der Waals surface area (Å²) in [4.78, 5) is 11.0. The van der Waals surface area contributed by atoms with Crippen LogP contribution in [0.2, 0.25) is 0 Å². The number of aryl methyl sites for hydroxylation is 1. The molecule has 0 amide bonds. The number of carboxylic acids is 1. The van der Waals surface area contributed by atoms with Crippen molar-refractivity contribution in [2.75, 3.05) is 5.75 Å². The van der Waals surface area contributed by atoms with Crippen LogP contribution in [0.5, 0.6) is 0 Å². The van der Waals surface area contributed by atoms with Crippen LogP contribution in [0.4, 0.5) is 0 Å². The smallest absolute Gasteiger partial charge is 0.321 e. The van der Waals surface area contributed by atoms with Gasteiger partial charge in [0.15, 0.2) is 0 Å². The molecular formula is C13H19NO4S. The Morgan fingerprint density at radius 3 is 2.32 bits per heavy atom. The molecule has 0 heterocycles. The van der Waals surface area contributed by atoms with Gasteiger partial charge in [0.2, 0.25) is 10.0 Å². The zero-order valence-corrected chi connectivity index (χ0v) is 11.9.